The summed E-state index contributed by atoms with van der Waals surface area (Å²) in [6.07, 6.45) is 6.57. The van der Waals surface area contributed by atoms with E-state index in [9.17, 15) is 0 Å². The number of halogens is 1. The summed E-state index contributed by atoms with van der Waals surface area (Å²) in [4.78, 5) is 0. The van der Waals surface area contributed by atoms with E-state index in [1.165, 1.54) is 42.1 Å². The van der Waals surface area contributed by atoms with Crippen molar-refractivity contribution in [2.75, 3.05) is 13.1 Å². The van der Waals surface area contributed by atoms with Crippen LogP contribution in [0.5, 0.6) is 0 Å². The third-order valence-corrected chi connectivity index (χ3v) is 3.81. The predicted octanol–water partition coefficient (Wildman–Crippen LogP) is 4.80. The molecule has 0 heterocycles. The minimum absolute atomic E-state index is 0.769. The van der Waals surface area contributed by atoms with Crippen molar-refractivity contribution in [3.05, 3.63) is 34.3 Å². The van der Waals surface area contributed by atoms with Gasteiger partial charge >= 0.3 is 0 Å². The Bertz CT molecular complexity index is 325. The van der Waals surface area contributed by atoms with Crippen LogP contribution in [0.25, 0.3) is 0 Å². The number of benzene rings is 1. The van der Waals surface area contributed by atoms with Gasteiger partial charge in [0.1, 0.15) is 0 Å². The lowest BCUT2D eigenvalue weighted by atomic mass is 9.93. The molecule has 0 amide bonds. The molecule has 0 spiro atoms. The summed E-state index contributed by atoms with van der Waals surface area (Å²) in [7, 11) is 0. The fraction of sp³-hybridized carbons (Fsp3) is 0.625. The molecule has 0 bridgehead atoms. The van der Waals surface area contributed by atoms with Crippen LogP contribution in [0.3, 0.4) is 0 Å². The minimum atomic E-state index is 0.769. The molecule has 1 rings (SSSR count). The third-order valence-electron chi connectivity index (χ3n) is 3.31. The molecule has 2 heteroatoms. The number of hydrogen-bond acceptors (Lipinski definition) is 1. The molecular formula is C16H26BrN. The Labute approximate surface area is 120 Å². The van der Waals surface area contributed by atoms with Crippen molar-refractivity contribution in [2.45, 2.75) is 46.0 Å². The topological polar surface area (TPSA) is 12.0 Å². The van der Waals surface area contributed by atoms with Crippen LogP contribution in [0.15, 0.2) is 28.7 Å². The zero-order chi connectivity index (χ0) is 13.2. The molecule has 0 saturated carbocycles. The SMILES string of the molecule is CCCCCC(CNCC)Cc1cccc(Br)c1. The average molecular weight is 312 g/mol. The summed E-state index contributed by atoms with van der Waals surface area (Å²) in [5, 5.41) is 3.50. The Hall–Kier alpha value is -0.340. The molecule has 0 aliphatic heterocycles. The van der Waals surface area contributed by atoms with Crippen LogP contribution in [-0.2, 0) is 6.42 Å². The maximum Gasteiger partial charge on any atom is 0.0177 e. The molecule has 1 unspecified atom stereocenters. The van der Waals surface area contributed by atoms with Gasteiger partial charge in [-0.1, -0.05) is 61.2 Å². The van der Waals surface area contributed by atoms with Gasteiger partial charge in [0.15, 0.2) is 0 Å². The molecule has 102 valence electrons. The van der Waals surface area contributed by atoms with Crippen molar-refractivity contribution < 1.29 is 0 Å². The molecule has 0 saturated heterocycles. The summed E-state index contributed by atoms with van der Waals surface area (Å²) >= 11 is 3.55. The van der Waals surface area contributed by atoms with Crippen molar-refractivity contribution in [2.24, 2.45) is 5.92 Å². The highest BCUT2D eigenvalue weighted by molar-refractivity contribution is 9.10. The van der Waals surface area contributed by atoms with Gasteiger partial charge in [0.2, 0.25) is 0 Å². The highest BCUT2D eigenvalue weighted by Crippen LogP contribution is 2.18. The Balaban J connectivity index is 2.48. The van der Waals surface area contributed by atoms with Gasteiger partial charge in [-0.05, 0) is 49.5 Å². The van der Waals surface area contributed by atoms with Crippen LogP contribution in [0.4, 0.5) is 0 Å². The van der Waals surface area contributed by atoms with Gasteiger partial charge in [0, 0.05) is 4.47 Å². The number of hydrogen-bond donors (Lipinski definition) is 1. The van der Waals surface area contributed by atoms with Crippen LogP contribution < -0.4 is 5.32 Å². The van der Waals surface area contributed by atoms with E-state index in [2.05, 4.69) is 59.4 Å². The van der Waals surface area contributed by atoms with E-state index in [-0.39, 0.29) is 0 Å². The molecule has 0 aliphatic carbocycles. The van der Waals surface area contributed by atoms with Crippen molar-refractivity contribution in [3.63, 3.8) is 0 Å². The Morgan fingerprint density at radius 1 is 1.22 bits per heavy atom. The Morgan fingerprint density at radius 2 is 2.06 bits per heavy atom. The first-order valence-electron chi connectivity index (χ1n) is 7.21. The van der Waals surface area contributed by atoms with Gasteiger partial charge in [0.25, 0.3) is 0 Å². The molecule has 1 atom stereocenters. The molecule has 0 aliphatic rings. The first-order chi connectivity index (χ1) is 8.76. The fourth-order valence-electron chi connectivity index (χ4n) is 2.31. The van der Waals surface area contributed by atoms with Gasteiger partial charge in [-0.15, -0.1) is 0 Å². The van der Waals surface area contributed by atoms with Crippen LogP contribution in [0.1, 0.15) is 45.1 Å². The molecule has 1 aromatic carbocycles. The van der Waals surface area contributed by atoms with E-state index in [0.717, 1.165) is 19.0 Å². The van der Waals surface area contributed by atoms with Crippen molar-refractivity contribution >= 4 is 15.9 Å². The molecule has 0 radical (unpaired) electrons. The van der Waals surface area contributed by atoms with E-state index in [4.69, 9.17) is 0 Å². The summed E-state index contributed by atoms with van der Waals surface area (Å²) < 4.78 is 1.19. The van der Waals surface area contributed by atoms with Crippen LogP contribution in [0.2, 0.25) is 0 Å². The highest BCUT2D eigenvalue weighted by atomic mass is 79.9. The van der Waals surface area contributed by atoms with E-state index in [1.54, 1.807) is 0 Å². The van der Waals surface area contributed by atoms with Gasteiger partial charge in [0.05, 0.1) is 0 Å². The van der Waals surface area contributed by atoms with Gasteiger partial charge in [-0.2, -0.15) is 0 Å². The normalized spacial score (nSPS) is 12.6. The lowest BCUT2D eigenvalue weighted by Crippen LogP contribution is -2.24. The summed E-state index contributed by atoms with van der Waals surface area (Å²) in [5.41, 5.74) is 1.45. The summed E-state index contributed by atoms with van der Waals surface area (Å²) in [6, 6.07) is 8.72. The van der Waals surface area contributed by atoms with Gasteiger partial charge in [-0.25, -0.2) is 0 Å². The van der Waals surface area contributed by atoms with Gasteiger partial charge in [-0.3, -0.25) is 0 Å². The summed E-state index contributed by atoms with van der Waals surface area (Å²) in [5.74, 6) is 0.769. The minimum Gasteiger partial charge on any atom is -0.317 e. The van der Waals surface area contributed by atoms with Crippen molar-refractivity contribution in [1.82, 2.24) is 5.32 Å². The molecule has 18 heavy (non-hydrogen) atoms. The van der Waals surface area contributed by atoms with E-state index in [1.807, 2.05) is 0 Å². The Morgan fingerprint density at radius 3 is 2.72 bits per heavy atom. The monoisotopic (exact) mass is 311 g/mol. The van der Waals surface area contributed by atoms with E-state index < -0.39 is 0 Å². The fourth-order valence-corrected chi connectivity index (χ4v) is 2.75. The second kappa shape index (κ2) is 9.57. The van der Waals surface area contributed by atoms with Crippen LogP contribution in [-0.4, -0.2) is 13.1 Å². The molecular weight excluding hydrogens is 286 g/mol. The third kappa shape index (κ3) is 6.55. The second-order valence-electron chi connectivity index (χ2n) is 5.00. The van der Waals surface area contributed by atoms with Crippen molar-refractivity contribution in [1.29, 1.82) is 0 Å². The second-order valence-corrected chi connectivity index (χ2v) is 5.92. The first-order valence-corrected chi connectivity index (χ1v) is 8.00. The maximum absolute atomic E-state index is 3.55. The largest absolute Gasteiger partial charge is 0.317 e. The van der Waals surface area contributed by atoms with E-state index >= 15 is 0 Å². The highest BCUT2D eigenvalue weighted by Gasteiger charge is 2.09. The molecule has 0 aromatic heterocycles. The standard InChI is InChI=1S/C16H26BrN/c1-3-5-6-8-15(13-18-4-2)11-14-9-7-10-16(17)12-14/h7,9-10,12,15,18H,3-6,8,11,13H2,1-2H3. The van der Waals surface area contributed by atoms with E-state index in [0.29, 0.717) is 0 Å². The Kier molecular flexibility index (Phi) is 8.36. The predicted molar refractivity (Wildman–Crippen MR) is 84.0 cm³/mol. The van der Waals surface area contributed by atoms with Crippen molar-refractivity contribution in [3.8, 4) is 0 Å². The van der Waals surface area contributed by atoms with Gasteiger partial charge < -0.3 is 5.32 Å². The van der Waals surface area contributed by atoms with Crippen LogP contribution >= 0.6 is 15.9 Å². The number of unbranched alkanes of at least 4 members (excludes halogenated alkanes) is 2. The molecule has 0 fully saturated rings. The van der Waals surface area contributed by atoms with Crippen LogP contribution in [0, 0.1) is 5.92 Å². The average Bonchev–Trinajstić information content (AvgIpc) is 2.36. The zero-order valence-electron chi connectivity index (χ0n) is 11.7. The summed E-state index contributed by atoms with van der Waals surface area (Å²) in [6.45, 7) is 6.67. The number of nitrogens with one attached hydrogen (secondary N) is 1. The zero-order valence-corrected chi connectivity index (χ0v) is 13.3. The quantitative estimate of drug-likeness (QED) is 0.646. The first kappa shape index (κ1) is 15.7. The maximum atomic E-state index is 3.55. The molecule has 1 nitrogen and oxygen atoms in total. The molecule has 1 N–H and O–H groups in total. The molecule has 1 aromatic rings. The number of rotatable bonds is 9. The lowest BCUT2D eigenvalue weighted by molar-refractivity contribution is 0.428. The smallest absolute Gasteiger partial charge is 0.0177 e. The lowest BCUT2D eigenvalue weighted by Gasteiger charge is -2.17.